The first-order chi connectivity index (χ1) is 40.0. The van der Waals surface area contributed by atoms with Crippen molar-refractivity contribution in [1.29, 1.82) is 0 Å². The van der Waals surface area contributed by atoms with Crippen LogP contribution in [0.3, 0.4) is 0 Å². The number of rotatable bonds is 70. The van der Waals surface area contributed by atoms with Crippen LogP contribution in [0.15, 0.2) is 24.3 Å². The molecule has 0 saturated heterocycles. The van der Waals surface area contributed by atoms with E-state index in [1.807, 2.05) is 0 Å². The van der Waals surface area contributed by atoms with Crippen molar-refractivity contribution < 1.29 is 24.5 Å². The van der Waals surface area contributed by atoms with Gasteiger partial charge in [0.15, 0.2) is 0 Å². The molecule has 6 nitrogen and oxygen atoms in total. The number of amides is 1. The molecule has 0 aliphatic rings. The molecule has 2 atom stereocenters. The minimum atomic E-state index is -0.660. The summed E-state index contributed by atoms with van der Waals surface area (Å²) >= 11 is 0. The fourth-order valence-electron chi connectivity index (χ4n) is 11.8. The van der Waals surface area contributed by atoms with Gasteiger partial charge in [0.05, 0.1) is 25.4 Å². The number of aliphatic hydroxyl groups excluding tert-OH is 2. The van der Waals surface area contributed by atoms with E-state index in [2.05, 4.69) is 43.5 Å². The van der Waals surface area contributed by atoms with Crippen LogP contribution in [0, 0.1) is 0 Å². The molecule has 3 N–H and O–H groups in total. The van der Waals surface area contributed by atoms with Crippen molar-refractivity contribution in [3.05, 3.63) is 24.3 Å². The van der Waals surface area contributed by atoms with Gasteiger partial charge in [0, 0.05) is 12.8 Å². The molecule has 0 aromatic carbocycles. The predicted molar refractivity (Wildman–Crippen MR) is 356 cm³/mol. The summed E-state index contributed by atoms with van der Waals surface area (Å²) in [4.78, 5) is 24.5. The Labute approximate surface area is 507 Å². The molecule has 0 saturated carbocycles. The van der Waals surface area contributed by atoms with E-state index in [1.165, 1.54) is 340 Å². The van der Waals surface area contributed by atoms with Crippen LogP contribution in [0.4, 0.5) is 0 Å². The van der Waals surface area contributed by atoms with Gasteiger partial charge in [0.2, 0.25) is 5.91 Å². The van der Waals surface area contributed by atoms with Crippen molar-refractivity contribution in [2.75, 3.05) is 13.2 Å². The van der Waals surface area contributed by atoms with Crippen LogP contribution in [-0.4, -0.2) is 47.4 Å². The van der Waals surface area contributed by atoms with E-state index in [0.717, 1.165) is 44.9 Å². The first kappa shape index (κ1) is 79.3. The zero-order valence-electron chi connectivity index (χ0n) is 55.0. The van der Waals surface area contributed by atoms with Gasteiger partial charge in [-0.1, -0.05) is 359 Å². The highest BCUT2D eigenvalue weighted by molar-refractivity contribution is 5.76. The maximum Gasteiger partial charge on any atom is 0.305 e. The zero-order chi connectivity index (χ0) is 58.5. The van der Waals surface area contributed by atoms with Crippen molar-refractivity contribution in [3.63, 3.8) is 0 Å². The van der Waals surface area contributed by atoms with Crippen LogP contribution < -0.4 is 5.32 Å². The Hall–Kier alpha value is -1.66. The number of esters is 1. The summed E-state index contributed by atoms with van der Waals surface area (Å²) in [5, 5.41) is 23.3. The molecule has 6 heteroatoms. The van der Waals surface area contributed by atoms with Gasteiger partial charge in [-0.2, -0.15) is 0 Å². The molecule has 2 unspecified atom stereocenters. The highest BCUT2D eigenvalue weighted by Gasteiger charge is 2.20. The lowest BCUT2D eigenvalue weighted by Gasteiger charge is -2.22. The lowest BCUT2D eigenvalue weighted by atomic mass is 10.0. The van der Waals surface area contributed by atoms with Gasteiger partial charge < -0.3 is 20.3 Å². The maximum atomic E-state index is 12.5. The summed E-state index contributed by atoms with van der Waals surface area (Å²) in [6.07, 6.45) is 89.8. The fraction of sp³-hybridized carbons (Fsp3) is 0.920. The van der Waals surface area contributed by atoms with Gasteiger partial charge in [0.1, 0.15) is 0 Å². The third kappa shape index (κ3) is 67.3. The molecule has 0 aliphatic heterocycles. The molecule has 0 bridgehead atoms. The Morgan fingerprint density at radius 3 is 0.914 bits per heavy atom. The minimum absolute atomic E-state index is 0.0118. The SMILES string of the molecule is CCCC/C=C\CCCCCCCC(=O)OCCCCCCCCCCCCCCCCCCCC/C=C\CCCCCCCCCCCCCCCCCCCC(=O)NC(CO)C(O)CCCCCCCCCCCCCCCC. The van der Waals surface area contributed by atoms with Gasteiger partial charge in [-0.15, -0.1) is 0 Å². The Bertz CT molecular complexity index is 1270. The molecule has 0 radical (unpaired) electrons. The van der Waals surface area contributed by atoms with Crippen molar-refractivity contribution in [2.24, 2.45) is 0 Å². The predicted octanol–water partition coefficient (Wildman–Crippen LogP) is 24.1. The van der Waals surface area contributed by atoms with Gasteiger partial charge in [0.25, 0.3) is 0 Å². The average Bonchev–Trinajstić information content (AvgIpc) is 3.47. The molecule has 0 heterocycles. The lowest BCUT2D eigenvalue weighted by Crippen LogP contribution is -2.45. The Kier molecular flexibility index (Phi) is 69.4. The molecule has 0 rings (SSSR count). The first-order valence-electron chi connectivity index (χ1n) is 37.1. The Balaban J connectivity index is 3.31. The summed E-state index contributed by atoms with van der Waals surface area (Å²) in [6.45, 7) is 4.95. The number of unbranched alkanes of at least 4 members (excludes halogenated alkanes) is 55. The number of allylic oxidation sites excluding steroid dienone is 4. The second-order valence-electron chi connectivity index (χ2n) is 25.6. The van der Waals surface area contributed by atoms with E-state index < -0.39 is 12.1 Å². The molecule has 1 amide bonds. The number of ether oxygens (including phenoxy) is 1. The molecule has 0 aromatic heterocycles. The summed E-state index contributed by atoms with van der Waals surface area (Å²) in [6, 6.07) is -0.537. The van der Waals surface area contributed by atoms with Crippen molar-refractivity contribution >= 4 is 11.9 Å². The molecule has 0 fully saturated rings. The van der Waals surface area contributed by atoms with Crippen molar-refractivity contribution in [2.45, 2.75) is 431 Å². The first-order valence-corrected chi connectivity index (χ1v) is 37.1. The molecule has 480 valence electrons. The van der Waals surface area contributed by atoms with E-state index in [9.17, 15) is 19.8 Å². The number of carbonyl (C=O) groups is 2. The summed E-state index contributed by atoms with van der Waals surface area (Å²) in [5.41, 5.74) is 0. The van der Waals surface area contributed by atoms with Crippen molar-refractivity contribution in [1.82, 2.24) is 5.32 Å². The Morgan fingerprint density at radius 2 is 0.593 bits per heavy atom. The molecule has 0 aliphatic carbocycles. The quantitative estimate of drug-likeness (QED) is 0.0320. The van der Waals surface area contributed by atoms with Crippen LogP contribution >= 0.6 is 0 Å². The average molecular weight is 1140 g/mol. The van der Waals surface area contributed by atoms with Crippen LogP contribution in [0.2, 0.25) is 0 Å². The van der Waals surface area contributed by atoms with Crippen LogP contribution in [0.5, 0.6) is 0 Å². The number of hydrogen-bond donors (Lipinski definition) is 3. The number of hydrogen-bond acceptors (Lipinski definition) is 5. The highest BCUT2D eigenvalue weighted by Crippen LogP contribution is 2.19. The van der Waals surface area contributed by atoms with Gasteiger partial charge in [-0.3, -0.25) is 9.59 Å². The van der Waals surface area contributed by atoms with Crippen LogP contribution in [0.1, 0.15) is 418 Å². The van der Waals surface area contributed by atoms with E-state index in [4.69, 9.17) is 4.74 Å². The molecular weight excluding hydrogens is 995 g/mol. The number of nitrogens with one attached hydrogen (secondary N) is 1. The van der Waals surface area contributed by atoms with E-state index in [-0.39, 0.29) is 18.5 Å². The fourth-order valence-corrected chi connectivity index (χ4v) is 11.8. The van der Waals surface area contributed by atoms with Gasteiger partial charge in [-0.05, 0) is 70.6 Å². The van der Waals surface area contributed by atoms with Gasteiger partial charge >= 0.3 is 5.97 Å². The van der Waals surface area contributed by atoms with Crippen LogP contribution in [0.25, 0.3) is 0 Å². The second-order valence-corrected chi connectivity index (χ2v) is 25.6. The largest absolute Gasteiger partial charge is 0.466 e. The summed E-state index contributed by atoms with van der Waals surface area (Å²) in [5.74, 6) is -0.0160. The third-order valence-electron chi connectivity index (χ3n) is 17.5. The number of carbonyl (C=O) groups excluding carboxylic acids is 2. The Morgan fingerprint density at radius 1 is 0.333 bits per heavy atom. The molecule has 0 aromatic rings. The lowest BCUT2D eigenvalue weighted by molar-refractivity contribution is -0.143. The molecule has 0 spiro atoms. The van der Waals surface area contributed by atoms with E-state index in [1.54, 1.807) is 0 Å². The van der Waals surface area contributed by atoms with Crippen molar-refractivity contribution in [3.8, 4) is 0 Å². The normalized spacial score (nSPS) is 12.6. The summed E-state index contributed by atoms with van der Waals surface area (Å²) in [7, 11) is 0. The monoisotopic (exact) mass is 1140 g/mol. The van der Waals surface area contributed by atoms with E-state index in [0.29, 0.717) is 25.9 Å². The third-order valence-corrected chi connectivity index (χ3v) is 17.5. The van der Waals surface area contributed by atoms with Gasteiger partial charge in [-0.25, -0.2) is 0 Å². The zero-order valence-corrected chi connectivity index (χ0v) is 55.0. The minimum Gasteiger partial charge on any atom is -0.466 e. The number of aliphatic hydroxyl groups is 2. The molecule has 81 heavy (non-hydrogen) atoms. The van der Waals surface area contributed by atoms with Crippen LogP contribution in [-0.2, 0) is 14.3 Å². The smallest absolute Gasteiger partial charge is 0.305 e. The van der Waals surface area contributed by atoms with E-state index >= 15 is 0 Å². The maximum absolute atomic E-state index is 12.5. The highest BCUT2D eigenvalue weighted by atomic mass is 16.5. The second kappa shape index (κ2) is 70.8. The molecular formula is C75H145NO5. The topological polar surface area (TPSA) is 95.9 Å². The summed E-state index contributed by atoms with van der Waals surface area (Å²) < 4.78 is 5.47. The standard InChI is InChI=1S/C75H145NO5/c1-3-5-7-9-11-13-15-16-44-48-51-55-59-63-67-73(78)72(71-77)76-74(79)68-64-60-56-52-49-45-42-40-38-36-34-32-30-28-26-24-22-20-18-17-19-21-23-25-27-29-31-33-35-37-39-41-43-46-50-54-58-62-66-70-81-75(80)69-65-61-57-53-47-14-12-10-8-6-4-2/h10,12,17-18,72-73,77-78H,3-9,11,13-16,19-71H2,1-2H3,(H,76,79)/b12-10-,18-17-.